The molecule has 396 valence electrons. The van der Waals surface area contributed by atoms with Crippen molar-refractivity contribution in [3.05, 3.63) is 85.1 Å². The van der Waals surface area contributed by atoms with E-state index < -0.39 is 6.10 Å². The zero-order valence-corrected chi connectivity index (χ0v) is 45.3. The summed E-state index contributed by atoms with van der Waals surface area (Å²) in [7, 11) is 0. The highest BCUT2D eigenvalue weighted by atomic mass is 16.6. The van der Waals surface area contributed by atoms with Gasteiger partial charge in [0.1, 0.15) is 13.2 Å². The van der Waals surface area contributed by atoms with Crippen LogP contribution in [0.25, 0.3) is 0 Å². The summed E-state index contributed by atoms with van der Waals surface area (Å²) in [6, 6.07) is 0. The van der Waals surface area contributed by atoms with E-state index in [1.165, 1.54) is 122 Å². The highest BCUT2D eigenvalue weighted by Crippen LogP contribution is 2.14. The van der Waals surface area contributed by atoms with E-state index in [2.05, 4.69) is 106 Å². The number of hydrogen-bond acceptors (Lipinski definition) is 6. The van der Waals surface area contributed by atoms with Gasteiger partial charge in [-0.25, -0.2) is 0 Å². The molecule has 0 aliphatic rings. The van der Waals surface area contributed by atoms with Gasteiger partial charge in [0.2, 0.25) is 0 Å². The summed E-state index contributed by atoms with van der Waals surface area (Å²) in [5.74, 6) is -0.927. The van der Waals surface area contributed by atoms with Crippen LogP contribution < -0.4 is 0 Å². The van der Waals surface area contributed by atoms with Crippen molar-refractivity contribution in [2.75, 3.05) is 13.2 Å². The third-order valence-corrected chi connectivity index (χ3v) is 12.3. The number of ether oxygens (including phenoxy) is 3. The number of unbranched alkanes of at least 4 members (excludes halogenated alkanes) is 27. The van der Waals surface area contributed by atoms with Gasteiger partial charge in [0.25, 0.3) is 0 Å². The van der Waals surface area contributed by atoms with Gasteiger partial charge in [0.15, 0.2) is 6.10 Å². The van der Waals surface area contributed by atoms with Gasteiger partial charge >= 0.3 is 17.9 Å². The second-order valence-corrected chi connectivity index (χ2v) is 19.2. The summed E-state index contributed by atoms with van der Waals surface area (Å²) in [6.07, 6.45) is 74.2. The molecular weight excluding hydrogens is 853 g/mol. The number of carbonyl (C=O) groups is 3. The second-order valence-electron chi connectivity index (χ2n) is 19.2. The van der Waals surface area contributed by atoms with E-state index in [0.29, 0.717) is 19.3 Å². The molecule has 0 saturated heterocycles. The molecule has 0 unspecified atom stereocenters. The largest absolute Gasteiger partial charge is 0.462 e. The topological polar surface area (TPSA) is 78.9 Å². The lowest BCUT2D eigenvalue weighted by atomic mass is 10.1. The maximum Gasteiger partial charge on any atom is 0.306 e. The molecule has 0 aromatic heterocycles. The van der Waals surface area contributed by atoms with Gasteiger partial charge in [-0.1, -0.05) is 221 Å². The van der Waals surface area contributed by atoms with Crippen LogP contribution in [0, 0.1) is 0 Å². The van der Waals surface area contributed by atoms with Crippen molar-refractivity contribution in [3.8, 4) is 0 Å². The number of esters is 3. The van der Waals surface area contributed by atoms with E-state index in [1.807, 2.05) is 0 Å². The molecular formula is C63H108O6. The van der Waals surface area contributed by atoms with Crippen molar-refractivity contribution >= 4 is 17.9 Å². The zero-order valence-electron chi connectivity index (χ0n) is 45.3. The van der Waals surface area contributed by atoms with Crippen LogP contribution in [-0.2, 0) is 28.6 Å². The molecule has 0 N–H and O–H groups in total. The third-order valence-electron chi connectivity index (χ3n) is 12.3. The van der Waals surface area contributed by atoms with Gasteiger partial charge in [-0.05, 0) is 122 Å². The molecule has 0 bridgehead atoms. The van der Waals surface area contributed by atoms with E-state index in [-0.39, 0.29) is 31.1 Å². The van der Waals surface area contributed by atoms with E-state index in [9.17, 15) is 14.4 Å². The maximum atomic E-state index is 12.9. The van der Waals surface area contributed by atoms with Crippen LogP contribution in [-0.4, -0.2) is 37.2 Å². The molecule has 0 aliphatic heterocycles. The lowest BCUT2D eigenvalue weighted by Crippen LogP contribution is -2.30. The average Bonchev–Trinajstić information content (AvgIpc) is 3.35. The molecule has 69 heavy (non-hydrogen) atoms. The molecule has 0 aliphatic carbocycles. The second kappa shape index (κ2) is 57.2. The van der Waals surface area contributed by atoms with Crippen LogP contribution in [0.4, 0.5) is 0 Å². The molecule has 0 spiro atoms. The standard InChI is InChI=1S/C63H108O6/c1-4-7-10-13-16-19-22-25-28-30-31-33-35-38-41-44-47-50-53-56-62(65)68-59-60(58-67-61(64)55-52-49-46-43-40-37-34-27-24-21-18-15-12-9-6-3)69-63(66)57-54-51-48-45-42-39-36-32-29-26-23-20-17-14-11-8-5-2/h16-21,25-29,34,36,39,60H,4-15,22-24,30-33,35,37-38,40-59H2,1-3H3/b19-16-,20-17-,21-18-,28-25-,29-26-,34-27-,39-36-/t60-/m1/s1. The summed E-state index contributed by atoms with van der Waals surface area (Å²) in [5.41, 5.74) is 0. The Hall–Kier alpha value is -3.41. The Bertz CT molecular complexity index is 1330. The minimum atomic E-state index is -0.797. The summed E-state index contributed by atoms with van der Waals surface area (Å²) in [5, 5.41) is 0. The van der Waals surface area contributed by atoms with E-state index >= 15 is 0 Å². The lowest BCUT2D eigenvalue weighted by Gasteiger charge is -2.18. The highest BCUT2D eigenvalue weighted by Gasteiger charge is 2.19. The minimum Gasteiger partial charge on any atom is -0.462 e. The van der Waals surface area contributed by atoms with Crippen molar-refractivity contribution in [2.24, 2.45) is 0 Å². The average molecular weight is 962 g/mol. The van der Waals surface area contributed by atoms with E-state index in [4.69, 9.17) is 14.2 Å². The first kappa shape index (κ1) is 65.6. The van der Waals surface area contributed by atoms with E-state index in [0.717, 1.165) is 116 Å². The SMILES string of the molecule is CCCCC/C=C\C/C=C\C/C=C\CCCCCCC(=O)O[C@H](COC(=O)CCCCCCC/C=C\C/C=C\CCCCC)COC(=O)CCCCCCCCCCC/C=C\C/C=C\CCCCC. The molecule has 0 heterocycles. The Morgan fingerprint density at radius 2 is 0.522 bits per heavy atom. The smallest absolute Gasteiger partial charge is 0.306 e. The zero-order chi connectivity index (χ0) is 50.0. The van der Waals surface area contributed by atoms with Crippen LogP contribution in [0.15, 0.2) is 85.1 Å². The van der Waals surface area contributed by atoms with Crippen LogP contribution in [0.2, 0.25) is 0 Å². The maximum absolute atomic E-state index is 12.9. The molecule has 6 nitrogen and oxygen atoms in total. The quantitative estimate of drug-likeness (QED) is 0.0262. The first-order valence-electron chi connectivity index (χ1n) is 29.1. The molecule has 0 aromatic rings. The Labute approximate surface area is 426 Å². The van der Waals surface area contributed by atoms with Crippen molar-refractivity contribution in [1.82, 2.24) is 0 Å². The van der Waals surface area contributed by atoms with Crippen LogP contribution in [0.3, 0.4) is 0 Å². The van der Waals surface area contributed by atoms with Gasteiger partial charge in [-0.2, -0.15) is 0 Å². The molecule has 0 radical (unpaired) electrons. The third kappa shape index (κ3) is 55.4. The Kier molecular flexibility index (Phi) is 54.3. The predicted octanol–water partition coefficient (Wildman–Crippen LogP) is 19.5. The van der Waals surface area contributed by atoms with Gasteiger partial charge in [0, 0.05) is 19.3 Å². The first-order chi connectivity index (χ1) is 34.0. The molecule has 0 rings (SSSR count). The van der Waals surface area contributed by atoms with Crippen LogP contribution in [0.5, 0.6) is 0 Å². The van der Waals surface area contributed by atoms with Crippen molar-refractivity contribution < 1.29 is 28.6 Å². The molecule has 6 heteroatoms. The number of rotatable bonds is 52. The van der Waals surface area contributed by atoms with Gasteiger partial charge < -0.3 is 14.2 Å². The van der Waals surface area contributed by atoms with E-state index in [1.54, 1.807) is 0 Å². The Morgan fingerprint density at radius 3 is 0.812 bits per heavy atom. The number of allylic oxidation sites excluding steroid dienone is 14. The minimum absolute atomic E-state index is 0.0925. The van der Waals surface area contributed by atoms with Crippen LogP contribution >= 0.6 is 0 Å². The predicted molar refractivity (Wildman–Crippen MR) is 297 cm³/mol. The Balaban J connectivity index is 4.44. The lowest BCUT2D eigenvalue weighted by molar-refractivity contribution is -0.167. The highest BCUT2D eigenvalue weighted by molar-refractivity contribution is 5.71. The Morgan fingerprint density at radius 1 is 0.290 bits per heavy atom. The molecule has 0 aromatic carbocycles. The van der Waals surface area contributed by atoms with Gasteiger partial charge in [0.05, 0.1) is 0 Å². The normalized spacial score (nSPS) is 12.7. The summed E-state index contributed by atoms with van der Waals surface area (Å²) >= 11 is 0. The summed E-state index contributed by atoms with van der Waals surface area (Å²) < 4.78 is 16.8. The fourth-order valence-corrected chi connectivity index (χ4v) is 7.92. The number of carbonyl (C=O) groups excluding carboxylic acids is 3. The van der Waals surface area contributed by atoms with Crippen molar-refractivity contribution in [3.63, 3.8) is 0 Å². The summed E-state index contributed by atoms with van der Waals surface area (Å²) in [6.45, 7) is 6.54. The monoisotopic (exact) mass is 961 g/mol. The molecule has 1 atom stereocenters. The molecule has 0 saturated carbocycles. The summed E-state index contributed by atoms with van der Waals surface area (Å²) in [4.78, 5) is 38.2. The fourth-order valence-electron chi connectivity index (χ4n) is 7.92. The molecule has 0 fully saturated rings. The van der Waals surface area contributed by atoms with Gasteiger partial charge in [-0.15, -0.1) is 0 Å². The molecule has 0 amide bonds. The van der Waals surface area contributed by atoms with Crippen molar-refractivity contribution in [1.29, 1.82) is 0 Å². The first-order valence-corrected chi connectivity index (χ1v) is 29.1. The van der Waals surface area contributed by atoms with Crippen molar-refractivity contribution in [2.45, 2.75) is 284 Å². The van der Waals surface area contributed by atoms with Crippen LogP contribution in [0.1, 0.15) is 278 Å². The van der Waals surface area contributed by atoms with Gasteiger partial charge in [-0.3, -0.25) is 14.4 Å². The number of hydrogen-bond donors (Lipinski definition) is 0. The fraction of sp³-hybridized carbons (Fsp3) is 0.730.